The van der Waals surface area contributed by atoms with Gasteiger partial charge in [-0.15, -0.1) is 0 Å². The Morgan fingerprint density at radius 2 is 1.85 bits per heavy atom. The van der Waals surface area contributed by atoms with Gasteiger partial charge in [-0.3, -0.25) is 9.59 Å². The van der Waals surface area contributed by atoms with Crippen molar-refractivity contribution in [3.63, 3.8) is 0 Å². The first-order valence-corrected chi connectivity index (χ1v) is 9.09. The van der Waals surface area contributed by atoms with Gasteiger partial charge in [-0.2, -0.15) is 11.8 Å². The Morgan fingerprint density at radius 1 is 1.05 bits per heavy atom. The molecule has 1 saturated carbocycles. The summed E-state index contributed by atoms with van der Waals surface area (Å²) in [6.45, 7) is 0.271. The molecule has 3 fully saturated rings. The smallest absolute Gasteiger partial charge is 0.246 e. The number of nitrogens with zero attached hydrogens (tertiary/aromatic N) is 1. The van der Waals surface area contributed by atoms with Crippen molar-refractivity contribution in [2.24, 2.45) is 5.92 Å². The third kappa shape index (κ3) is 2.97. The number of piperazine rings is 1. The van der Waals surface area contributed by atoms with Gasteiger partial charge < -0.3 is 10.2 Å². The maximum absolute atomic E-state index is 12.8. The van der Waals surface area contributed by atoms with Crippen LogP contribution in [-0.4, -0.2) is 46.8 Å². The fraction of sp³-hybridized carbons (Fsp3) is 0.867. The van der Waals surface area contributed by atoms with Gasteiger partial charge in [0.05, 0.1) is 6.54 Å². The van der Waals surface area contributed by atoms with E-state index in [1.807, 2.05) is 16.7 Å². The van der Waals surface area contributed by atoms with Gasteiger partial charge in [-0.25, -0.2) is 0 Å². The second-order valence-corrected chi connectivity index (χ2v) is 7.43. The monoisotopic (exact) mass is 296 g/mol. The summed E-state index contributed by atoms with van der Waals surface area (Å²) in [6.07, 6.45) is 8.06. The van der Waals surface area contributed by atoms with Crippen molar-refractivity contribution in [2.45, 2.75) is 57.0 Å². The number of carbonyl (C=O) groups is 2. The van der Waals surface area contributed by atoms with Crippen LogP contribution in [0.3, 0.4) is 0 Å². The standard InChI is InChI=1S/C15H24N2O2S/c18-13-9-17(12-7-4-8-20-10-12)15(19)14(16-13)11-5-2-1-3-6-11/h11-12,14H,1-10H2,(H,16,18). The van der Waals surface area contributed by atoms with Crippen LogP contribution in [-0.2, 0) is 9.59 Å². The van der Waals surface area contributed by atoms with Crippen molar-refractivity contribution < 1.29 is 9.59 Å². The molecular weight excluding hydrogens is 272 g/mol. The molecule has 3 rings (SSSR count). The molecule has 2 unspecified atom stereocenters. The predicted molar refractivity (Wildman–Crippen MR) is 80.6 cm³/mol. The molecule has 2 aliphatic heterocycles. The lowest BCUT2D eigenvalue weighted by Crippen LogP contribution is -2.63. The Hall–Kier alpha value is -0.710. The van der Waals surface area contributed by atoms with E-state index in [2.05, 4.69) is 5.32 Å². The summed E-state index contributed by atoms with van der Waals surface area (Å²) in [6, 6.07) is 0.0295. The molecule has 2 heterocycles. The van der Waals surface area contributed by atoms with Crippen LogP contribution in [0.25, 0.3) is 0 Å². The van der Waals surface area contributed by atoms with Gasteiger partial charge in [-0.1, -0.05) is 19.3 Å². The van der Waals surface area contributed by atoms with E-state index >= 15 is 0 Å². The molecule has 0 spiro atoms. The molecule has 112 valence electrons. The number of carbonyl (C=O) groups excluding carboxylic acids is 2. The van der Waals surface area contributed by atoms with Gasteiger partial charge in [0.2, 0.25) is 11.8 Å². The summed E-state index contributed by atoms with van der Waals surface area (Å²) in [5.41, 5.74) is 0. The zero-order valence-corrected chi connectivity index (χ0v) is 12.8. The Labute approximate surface area is 125 Å². The lowest BCUT2D eigenvalue weighted by atomic mass is 9.82. The molecule has 2 saturated heterocycles. The van der Waals surface area contributed by atoms with Crippen LogP contribution in [0.1, 0.15) is 44.9 Å². The van der Waals surface area contributed by atoms with Crippen LogP contribution in [0.2, 0.25) is 0 Å². The fourth-order valence-electron chi connectivity index (χ4n) is 3.76. The molecule has 1 aliphatic carbocycles. The lowest BCUT2D eigenvalue weighted by Gasteiger charge is -2.42. The second-order valence-electron chi connectivity index (χ2n) is 6.28. The fourth-order valence-corrected chi connectivity index (χ4v) is 4.91. The Balaban J connectivity index is 1.71. The van der Waals surface area contributed by atoms with E-state index in [9.17, 15) is 9.59 Å². The molecule has 0 aromatic rings. The molecule has 5 heteroatoms. The average molecular weight is 296 g/mol. The molecule has 0 aromatic carbocycles. The first-order chi connectivity index (χ1) is 9.75. The van der Waals surface area contributed by atoms with Crippen LogP contribution in [0, 0.1) is 5.92 Å². The van der Waals surface area contributed by atoms with Gasteiger partial charge in [0, 0.05) is 11.8 Å². The molecule has 0 radical (unpaired) electrons. The quantitative estimate of drug-likeness (QED) is 0.845. The predicted octanol–water partition coefficient (Wildman–Crippen LogP) is 1.79. The highest BCUT2D eigenvalue weighted by Gasteiger charge is 2.40. The van der Waals surface area contributed by atoms with Crippen LogP contribution >= 0.6 is 11.8 Å². The van der Waals surface area contributed by atoms with E-state index in [4.69, 9.17) is 0 Å². The van der Waals surface area contributed by atoms with Gasteiger partial charge in [-0.05, 0) is 37.4 Å². The number of amides is 2. The number of rotatable bonds is 2. The Kier molecular flexibility index (Phi) is 4.54. The van der Waals surface area contributed by atoms with E-state index < -0.39 is 0 Å². The summed E-state index contributed by atoms with van der Waals surface area (Å²) in [5, 5.41) is 2.97. The summed E-state index contributed by atoms with van der Waals surface area (Å²) in [7, 11) is 0. The van der Waals surface area contributed by atoms with Gasteiger partial charge >= 0.3 is 0 Å². The largest absolute Gasteiger partial charge is 0.342 e. The molecular formula is C15H24N2O2S. The molecule has 0 bridgehead atoms. The highest BCUT2D eigenvalue weighted by atomic mass is 32.2. The number of thioether (sulfide) groups is 1. The summed E-state index contributed by atoms with van der Waals surface area (Å²) < 4.78 is 0. The van der Waals surface area contributed by atoms with Crippen LogP contribution in [0.4, 0.5) is 0 Å². The van der Waals surface area contributed by atoms with Crippen LogP contribution in [0.15, 0.2) is 0 Å². The normalized spacial score (nSPS) is 33.1. The molecule has 2 atom stereocenters. The lowest BCUT2D eigenvalue weighted by molar-refractivity contribution is -0.148. The molecule has 20 heavy (non-hydrogen) atoms. The summed E-state index contributed by atoms with van der Waals surface area (Å²) >= 11 is 1.91. The van der Waals surface area contributed by atoms with E-state index in [0.717, 1.165) is 31.4 Å². The molecule has 0 aromatic heterocycles. The van der Waals surface area contributed by atoms with Gasteiger partial charge in [0.15, 0.2) is 0 Å². The highest BCUT2D eigenvalue weighted by molar-refractivity contribution is 7.99. The van der Waals surface area contributed by atoms with E-state index in [1.54, 1.807) is 0 Å². The topological polar surface area (TPSA) is 49.4 Å². The van der Waals surface area contributed by atoms with E-state index in [1.165, 1.54) is 25.0 Å². The maximum Gasteiger partial charge on any atom is 0.246 e. The van der Waals surface area contributed by atoms with E-state index in [-0.39, 0.29) is 30.4 Å². The van der Waals surface area contributed by atoms with Crippen molar-refractivity contribution in [1.29, 1.82) is 0 Å². The first-order valence-electron chi connectivity index (χ1n) is 7.93. The number of hydrogen-bond donors (Lipinski definition) is 1. The SMILES string of the molecule is O=C1CN(C2CCCSC2)C(=O)C(C2CCCCC2)N1. The summed E-state index contributed by atoms with van der Waals surface area (Å²) in [4.78, 5) is 26.7. The Bertz CT molecular complexity index is 344. The van der Waals surface area contributed by atoms with Crippen molar-refractivity contribution in [2.75, 3.05) is 18.1 Å². The second kappa shape index (κ2) is 6.37. The molecule has 4 nitrogen and oxygen atoms in total. The third-order valence-corrected chi connectivity index (χ3v) is 6.08. The molecule has 3 aliphatic rings. The maximum atomic E-state index is 12.8. The third-order valence-electron chi connectivity index (χ3n) is 4.88. The van der Waals surface area contributed by atoms with Crippen LogP contribution in [0.5, 0.6) is 0 Å². The van der Waals surface area contributed by atoms with Crippen molar-refractivity contribution in [3.8, 4) is 0 Å². The van der Waals surface area contributed by atoms with Crippen molar-refractivity contribution >= 4 is 23.6 Å². The minimum atomic E-state index is -0.247. The first kappa shape index (κ1) is 14.2. The zero-order chi connectivity index (χ0) is 13.9. The highest BCUT2D eigenvalue weighted by Crippen LogP contribution is 2.30. The summed E-state index contributed by atoms with van der Waals surface area (Å²) in [5.74, 6) is 2.77. The van der Waals surface area contributed by atoms with Crippen LogP contribution < -0.4 is 5.32 Å². The van der Waals surface area contributed by atoms with Gasteiger partial charge in [0.1, 0.15) is 6.04 Å². The van der Waals surface area contributed by atoms with Gasteiger partial charge in [0.25, 0.3) is 0 Å². The number of nitrogens with one attached hydrogen (secondary N) is 1. The average Bonchev–Trinajstić information content (AvgIpc) is 2.51. The van der Waals surface area contributed by atoms with Crippen molar-refractivity contribution in [3.05, 3.63) is 0 Å². The minimum Gasteiger partial charge on any atom is -0.342 e. The Morgan fingerprint density at radius 3 is 2.55 bits per heavy atom. The zero-order valence-electron chi connectivity index (χ0n) is 12.0. The van der Waals surface area contributed by atoms with Crippen molar-refractivity contribution in [1.82, 2.24) is 10.2 Å². The molecule has 2 amide bonds. The number of hydrogen-bond acceptors (Lipinski definition) is 3. The minimum absolute atomic E-state index is 0.0377. The molecule has 1 N–H and O–H groups in total. The van der Waals surface area contributed by atoms with E-state index in [0.29, 0.717) is 5.92 Å².